The van der Waals surface area contributed by atoms with Crippen molar-refractivity contribution in [3.8, 4) is 0 Å². The van der Waals surface area contributed by atoms with Gasteiger partial charge in [-0.15, -0.1) is 0 Å². The topological polar surface area (TPSA) is 54.9 Å². The summed E-state index contributed by atoms with van der Waals surface area (Å²) in [6.07, 6.45) is 1.23. The average molecular weight is 266 g/mol. The van der Waals surface area contributed by atoms with E-state index in [-0.39, 0.29) is 16.5 Å². The van der Waals surface area contributed by atoms with Crippen LogP contribution in [0.5, 0.6) is 0 Å². The molecule has 2 aromatic rings. The quantitative estimate of drug-likeness (QED) is 0.850. The van der Waals surface area contributed by atoms with Gasteiger partial charge in [0.1, 0.15) is 23.1 Å². The second kappa shape index (κ2) is 5.10. The number of hydrogen-bond donors (Lipinski definition) is 1. The lowest BCUT2D eigenvalue weighted by molar-refractivity contribution is 0.102. The van der Waals surface area contributed by atoms with E-state index in [1.165, 1.54) is 18.5 Å². The van der Waals surface area contributed by atoms with Crippen molar-refractivity contribution >= 4 is 23.3 Å². The van der Waals surface area contributed by atoms with E-state index in [0.717, 1.165) is 6.07 Å². The highest BCUT2D eigenvalue weighted by atomic mass is 35.5. The summed E-state index contributed by atoms with van der Waals surface area (Å²) in [6.45, 7) is 1.71. The fraction of sp³-hybridized carbons (Fsp3) is 0.0833. The maximum atomic E-state index is 13.2. The van der Waals surface area contributed by atoms with Gasteiger partial charge < -0.3 is 5.32 Å². The van der Waals surface area contributed by atoms with Gasteiger partial charge >= 0.3 is 0 Å². The zero-order chi connectivity index (χ0) is 13.1. The molecule has 1 aromatic heterocycles. The highest BCUT2D eigenvalue weighted by molar-refractivity contribution is 6.29. The van der Waals surface area contributed by atoms with Gasteiger partial charge in [-0.25, -0.2) is 14.4 Å². The Bertz CT molecular complexity index is 583. The Morgan fingerprint density at radius 3 is 2.72 bits per heavy atom. The van der Waals surface area contributed by atoms with Crippen LogP contribution in [-0.4, -0.2) is 15.9 Å². The molecular weight excluding hydrogens is 257 g/mol. The number of aromatic nitrogens is 2. The second-order valence-electron chi connectivity index (χ2n) is 3.70. The van der Waals surface area contributed by atoms with Crippen LogP contribution < -0.4 is 5.32 Å². The van der Waals surface area contributed by atoms with Crippen LogP contribution in [0.3, 0.4) is 0 Å². The number of anilines is 1. The van der Waals surface area contributed by atoms with Gasteiger partial charge in [0.2, 0.25) is 0 Å². The van der Waals surface area contributed by atoms with Crippen LogP contribution in [-0.2, 0) is 0 Å². The maximum absolute atomic E-state index is 13.2. The lowest BCUT2D eigenvalue weighted by atomic mass is 10.1. The molecule has 0 fully saturated rings. The number of nitrogens with zero attached hydrogens (tertiary/aromatic N) is 2. The Morgan fingerprint density at radius 1 is 1.28 bits per heavy atom. The Kier molecular flexibility index (Phi) is 3.53. The number of rotatable bonds is 2. The summed E-state index contributed by atoms with van der Waals surface area (Å²) in [4.78, 5) is 19.4. The summed E-state index contributed by atoms with van der Waals surface area (Å²) in [7, 11) is 0. The van der Waals surface area contributed by atoms with Crippen LogP contribution in [0.4, 0.5) is 10.2 Å². The molecule has 0 saturated carbocycles. The molecule has 0 atom stereocenters. The van der Waals surface area contributed by atoms with E-state index in [1.807, 2.05) is 0 Å². The molecule has 0 unspecified atom stereocenters. The van der Waals surface area contributed by atoms with Crippen LogP contribution in [0.15, 0.2) is 30.6 Å². The Balaban J connectivity index is 2.22. The van der Waals surface area contributed by atoms with Crippen molar-refractivity contribution in [3.63, 3.8) is 0 Å². The molecule has 0 aliphatic heterocycles. The lowest BCUT2D eigenvalue weighted by Gasteiger charge is -2.05. The molecular formula is C12H9ClFN3O. The predicted molar refractivity (Wildman–Crippen MR) is 66.1 cm³/mol. The molecule has 0 aliphatic carbocycles. The van der Waals surface area contributed by atoms with Gasteiger partial charge in [-0.1, -0.05) is 11.6 Å². The van der Waals surface area contributed by atoms with Crippen LogP contribution in [0.1, 0.15) is 15.9 Å². The fourth-order valence-corrected chi connectivity index (χ4v) is 1.60. The SMILES string of the molecule is Cc1cc(F)cc(C(=O)Nc2cc(Cl)ncn2)c1. The number of aryl methyl sites for hydroxylation is 1. The number of benzene rings is 1. The van der Waals surface area contributed by atoms with Crippen molar-refractivity contribution < 1.29 is 9.18 Å². The van der Waals surface area contributed by atoms with E-state index >= 15 is 0 Å². The summed E-state index contributed by atoms with van der Waals surface area (Å²) in [5.74, 6) is -0.643. The lowest BCUT2D eigenvalue weighted by Crippen LogP contribution is -2.13. The molecule has 0 bridgehead atoms. The molecule has 0 saturated heterocycles. The predicted octanol–water partition coefficient (Wildman–Crippen LogP) is 2.83. The van der Waals surface area contributed by atoms with Crippen LogP contribution in [0, 0.1) is 12.7 Å². The summed E-state index contributed by atoms with van der Waals surface area (Å²) in [6, 6.07) is 5.50. The summed E-state index contributed by atoms with van der Waals surface area (Å²) in [5, 5.41) is 2.73. The van der Waals surface area contributed by atoms with Crippen molar-refractivity contribution in [2.75, 3.05) is 5.32 Å². The van der Waals surface area contributed by atoms with E-state index < -0.39 is 11.7 Å². The molecule has 0 aliphatic rings. The second-order valence-corrected chi connectivity index (χ2v) is 4.08. The standard InChI is InChI=1S/C12H9ClFN3O/c1-7-2-8(4-9(14)3-7)12(18)17-11-5-10(13)15-6-16-11/h2-6H,1H3,(H,15,16,17,18). The van der Waals surface area contributed by atoms with E-state index in [2.05, 4.69) is 15.3 Å². The van der Waals surface area contributed by atoms with Crippen molar-refractivity contribution in [2.45, 2.75) is 6.92 Å². The Hall–Kier alpha value is -2.01. The van der Waals surface area contributed by atoms with Crippen LogP contribution in [0.2, 0.25) is 5.15 Å². The Morgan fingerprint density at radius 2 is 2.06 bits per heavy atom. The number of carbonyl (C=O) groups is 1. The molecule has 6 heteroatoms. The highest BCUT2D eigenvalue weighted by Crippen LogP contribution is 2.12. The Labute approximate surface area is 108 Å². The normalized spacial score (nSPS) is 10.2. The van der Waals surface area contributed by atoms with Gasteiger partial charge in [0, 0.05) is 11.6 Å². The number of hydrogen-bond acceptors (Lipinski definition) is 3. The molecule has 1 N–H and O–H groups in total. The number of carbonyl (C=O) groups excluding carboxylic acids is 1. The van der Waals surface area contributed by atoms with Crippen LogP contribution >= 0.6 is 11.6 Å². The number of halogens is 2. The molecule has 4 nitrogen and oxygen atoms in total. The minimum atomic E-state index is -0.458. The minimum absolute atomic E-state index is 0.218. The molecule has 18 heavy (non-hydrogen) atoms. The minimum Gasteiger partial charge on any atom is -0.306 e. The number of nitrogens with one attached hydrogen (secondary N) is 1. The van der Waals surface area contributed by atoms with Gasteiger partial charge in [-0.05, 0) is 30.7 Å². The van der Waals surface area contributed by atoms with Crippen LogP contribution in [0.25, 0.3) is 0 Å². The number of amides is 1. The molecule has 1 heterocycles. The van der Waals surface area contributed by atoms with Gasteiger partial charge in [0.05, 0.1) is 0 Å². The first kappa shape index (κ1) is 12.4. The third kappa shape index (κ3) is 3.01. The van der Waals surface area contributed by atoms with E-state index in [1.54, 1.807) is 13.0 Å². The molecule has 0 radical (unpaired) electrons. The highest BCUT2D eigenvalue weighted by Gasteiger charge is 2.09. The summed E-state index contributed by atoms with van der Waals surface area (Å²) in [5.41, 5.74) is 0.892. The molecule has 92 valence electrons. The zero-order valence-electron chi connectivity index (χ0n) is 9.45. The third-order valence-corrected chi connectivity index (χ3v) is 2.39. The van der Waals surface area contributed by atoms with Crippen molar-refractivity contribution in [1.82, 2.24) is 9.97 Å². The summed E-state index contributed by atoms with van der Waals surface area (Å²) >= 11 is 5.66. The average Bonchev–Trinajstić information content (AvgIpc) is 2.27. The molecule has 0 spiro atoms. The molecule has 1 aromatic carbocycles. The van der Waals surface area contributed by atoms with Crippen molar-refractivity contribution in [3.05, 3.63) is 52.7 Å². The van der Waals surface area contributed by atoms with Gasteiger partial charge in [-0.3, -0.25) is 4.79 Å². The monoisotopic (exact) mass is 265 g/mol. The first-order valence-corrected chi connectivity index (χ1v) is 5.48. The molecule has 1 amide bonds. The first-order valence-electron chi connectivity index (χ1n) is 5.11. The largest absolute Gasteiger partial charge is 0.306 e. The first-order chi connectivity index (χ1) is 8.54. The van der Waals surface area contributed by atoms with Crippen molar-refractivity contribution in [1.29, 1.82) is 0 Å². The summed E-state index contributed by atoms with van der Waals surface area (Å²) < 4.78 is 13.2. The zero-order valence-corrected chi connectivity index (χ0v) is 10.2. The van der Waals surface area contributed by atoms with E-state index in [0.29, 0.717) is 5.56 Å². The van der Waals surface area contributed by atoms with E-state index in [9.17, 15) is 9.18 Å². The van der Waals surface area contributed by atoms with Crippen molar-refractivity contribution in [2.24, 2.45) is 0 Å². The fourth-order valence-electron chi connectivity index (χ4n) is 1.46. The molecule has 2 rings (SSSR count). The van der Waals surface area contributed by atoms with Gasteiger partial charge in [0.25, 0.3) is 5.91 Å². The smallest absolute Gasteiger partial charge is 0.256 e. The maximum Gasteiger partial charge on any atom is 0.256 e. The van der Waals surface area contributed by atoms with Gasteiger partial charge in [0.15, 0.2) is 0 Å². The van der Waals surface area contributed by atoms with E-state index in [4.69, 9.17) is 11.6 Å². The third-order valence-electron chi connectivity index (χ3n) is 2.18. The van der Waals surface area contributed by atoms with Gasteiger partial charge in [-0.2, -0.15) is 0 Å².